The number of anilines is 1. The number of amides is 1. The minimum Gasteiger partial charge on any atom is -0.398 e. The van der Waals surface area contributed by atoms with Crippen LogP contribution in [0.4, 0.5) is 5.69 Å². The largest absolute Gasteiger partial charge is 0.398 e. The summed E-state index contributed by atoms with van der Waals surface area (Å²) in [6.45, 7) is 7.04. The molecule has 0 radical (unpaired) electrons. The number of carbonyl (C=O) groups is 1. The van der Waals surface area contributed by atoms with Crippen molar-refractivity contribution in [1.82, 2.24) is 9.80 Å². The van der Waals surface area contributed by atoms with Gasteiger partial charge in [0.1, 0.15) is 0 Å². The molecule has 1 aromatic rings. The van der Waals surface area contributed by atoms with Crippen molar-refractivity contribution in [3.05, 3.63) is 28.8 Å². The number of hydrogen-bond acceptors (Lipinski definition) is 3. The van der Waals surface area contributed by atoms with Crippen molar-refractivity contribution in [1.29, 1.82) is 0 Å². The Kier molecular flexibility index (Phi) is 4.88. The zero-order valence-electron chi connectivity index (χ0n) is 13.6. The van der Waals surface area contributed by atoms with Gasteiger partial charge < -0.3 is 15.5 Å². The zero-order valence-corrected chi connectivity index (χ0v) is 13.6. The summed E-state index contributed by atoms with van der Waals surface area (Å²) >= 11 is 0. The van der Waals surface area contributed by atoms with E-state index >= 15 is 0 Å². The van der Waals surface area contributed by atoms with Gasteiger partial charge in [-0.1, -0.05) is 6.07 Å². The van der Waals surface area contributed by atoms with Crippen LogP contribution in [0.2, 0.25) is 0 Å². The lowest BCUT2D eigenvalue weighted by Crippen LogP contribution is -2.38. The summed E-state index contributed by atoms with van der Waals surface area (Å²) in [6, 6.07) is 3.81. The predicted molar refractivity (Wildman–Crippen MR) is 87.5 cm³/mol. The number of piperidine rings is 1. The molecule has 1 fully saturated rings. The second kappa shape index (κ2) is 6.48. The molecule has 1 saturated heterocycles. The first kappa shape index (κ1) is 15.8. The summed E-state index contributed by atoms with van der Waals surface area (Å²) in [6.07, 6.45) is 2.34. The second-order valence-electron chi connectivity index (χ2n) is 6.46. The van der Waals surface area contributed by atoms with Crippen molar-refractivity contribution in [3.63, 3.8) is 0 Å². The summed E-state index contributed by atoms with van der Waals surface area (Å²) in [5.41, 5.74) is 9.40. The first-order valence-electron chi connectivity index (χ1n) is 7.69. The van der Waals surface area contributed by atoms with E-state index in [1.165, 1.54) is 12.8 Å². The first-order valence-corrected chi connectivity index (χ1v) is 7.69. The van der Waals surface area contributed by atoms with E-state index in [4.69, 9.17) is 5.73 Å². The quantitative estimate of drug-likeness (QED) is 0.869. The smallest absolute Gasteiger partial charge is 0.253 e. The highest BCUT2D eigenvalue weighted by molar-refractivity contribution is 5.96. The van der Waals surface area contributed by atoms with Gasteiger partial charge in [0.2, 0.25) is 0 Å². The van der Waals surface area contributed by atoms with E-state index in [-0.39, 0.29) is 5.91 Å². The molecular formula is C17H27N3O. The molecule has 116 valence electrons. The molecule has 4 nitrogen and oxygen atoms in total. The third-order valence-corrected chi connectivity index (χ3v) is 4.56. The minimum atomic E-state index is 0.0816. The normalized spacial score (nSPS) is 17.0. The highest BCUT2D eigenvalue weighted by atomic mass is 16.2. The van der Waals surface area contributed by atoms with E-state index < -0.39 is 0 Å². The van der Waals surface area contributed by atoms with Gasteiger partial charge in [0, 0.05) is 24.8 Å². The summed E-state index contributed by atoms with van der Waals surface area (Å²) in [7, 11) is 4.06. The van der Waals surface area contributed by atoms with E-state index in [1.807, 2.05) is 37.9 Å². The summed E-state index contributed by atoms with van der Waals surface area (Å²) in [5, 5.41) is 0. The molecule has 2 N–H and O–H groups in total. The Morgan fingerprint density at radius 2 is 1.90 bits per heavy atom. The molecular weight excluding hydrogens is 262 g/mol. The number of likely N-dealkylation sites (tertiary alicyclic amines) is 1. The molecule has 2 rings (SSSR count). The molecule has 1 aromatic carbocycles. The minimum absolute atomic E-state index is 0.0816. The fourth-order valence-corrected chi connectivity index (χ4v) is 3.02. The number of rotatable bonds is 3. The Bertz CT molecular complexity index is 519. The Morgan fingerprint density at radius 3 is 2.52 bits per heavy atom. The van der Waals surface area contributed by atoms with Crippen LogP contribution in [0.5, 0.6) is 0 Å². The van der Waals surface area contributed by atoms with Crippen molar-refractivity contribution in [2.24, 2.45) is 5.92 Å². The van der Waals surface area contributed by atoms with Crippen molar-refractivity contribution in [2.45, 2.75) is 26.7 Å². The van der Waals surface area contributed by atoms with Gasteiger partial charge in [-0.25, -0.2) is 0 Å². The van der Waals surface area contributed by atoms with Crippen molar-refractivity contribution < 1.29 is 4.79 Å². The van der Waals surface area contributed by atoms with Crippen LogP contribution in [0.1, 0.15) is 34.3 Å². The van der Waals surface area contributed by atoms with E-state index in [0.29, 0.717) is 11.6 Å². The maximum Gasteiger partial charge on any atom is 0.253 e. The van der Waals surface area contributed by atoms with E-state index in [0.717, 1.165) is 36.3 Å². The molecule has 0 saturated carbocycles. The number of benzene rings is 1. The Labute approximate surface area is 127 Å². The lowest BCUT2D eigenvalue weighted by atomic mass is 9.96. The third-order valence-electron chi connectivity index (χ3n) is 4.56. The van der Waals surface area contributed by atoms with Crippen molar-refractivity contribution in [3.8, 4) is 0 Å². The number of carbonyl (C=O) groups excluding carboxylic acids is 1. The summed E-state index contributed by atoms with van der Waals surface area (Å²) < 4.78 is 0. The fourth-order valence-electron chi connectivity index (χ4n) is 3.02. The topological polar surface area (TPSA) is 49.6 Å². The first-order chi connectivity index (χ1) is 9.88. The average Bonchev–Trinajstić information content (AvgIpc) is 2.44. The van der Waals surface area contributed by atoms with Gasteiger partial charge in [-0.2, -0.15) is 0 Å². The molecule has 1 heterocycles. The molecule has 21 heavy (non-hydrogen) atoms. The number of nitrogens with zero attached hydrogens (tertiary/aromatic N) is 2. The molecule has 0 aliphatic carbocycles. The summed E-state index contributed by atoms with van der Waals surface area (Å²) in [4.78, 5) is 16.8. The van der Waals surface area contributed by atoms with Gasteiger partial charge in [0.15, 0.2) is 0 Å². The van der Waals surface area contributed by atoms with Crippen LogP contribution in [0.15, 0.2) is 12.1 Å². The SMILES string of the molecule is Cc1cc(C)c(C(=O)N(C)CC2CCN(C)CC2)cc1N. The highest BCUT2D eigenvalue weighted by Crippen LogP contribution is 2.21. The van der Waals surface area contributed by atoms with E-state index in [1.54, 1.807) is 0 Å². The monoisotopic (exact) mass is 289 g/mol. The molecule has 0 aromatic heterocycles. The average molecular weight is 289 g/mol. The number of nitrogens with two attached hydrogens (primary N) is 1. The van der Waals surface area contributed by atoms with Gasteiger partial charge >= 0.3 is 0 Å². The highest BCUT2D eigenvalue weighted by Gasteiger charge is 2.22. The number of hydrogen-bond donors (Lipinski definition) is 1. The van der Waals surface area contributed by atoms with E-state index in [9.17, 15) is 4.79 Å². The Balaban J connectivity index is 2.04. The lowest BCUT2D eigenvalue weighted by molar-refractivity contribution is 0.0746. The lowest BCUT2D eigenvalue weighted by Gasteiger charge is -2.31. The number of nitrogen functional groups attached to an aromatic ring is 1. The van der Waals surface area contributed by atoms with Gasteiger partial charge in [0.05, 0.1) is 0 Å². The van der Waals surface area contributed by atoms with E-state index in [2.05, 4.69) is 11.9 Å². The Hall–Kier alpha value is -1.55. The molecule has 1 aliphatic heterocycles. The van der Waals surface area contributed by atoms with Crippen molar-refractivity contribution >= 4 is 11.6 Å². The van der Waals surface area contributed by atoms with Crippen molar-refractivity contribution in [2.75, 3.05) is 39.5 Å². The fraction of sp³-hybridized carbons (Fsp3) is 0.588. The van der Waals surface area contributed by atoms with Crippen LogP contribution in [-0.4, -0.2) is 49.4 Å². The van der Waals surface area contributed by atoms with Gasteiger partial charge in [-0.3, -0.25) is 4.79 Å². The molecule has 1 aliphatic rings. The molecule has 0 unspecified atom stereocenters. The maximum absolute atomic E-state index is 12.6. The van der Waals surface area contributed by atoms with Crippen LogP contribution >= 0.6 is 0 Å². The molecule has 0 spiro atoms. The molecule has 0 atom stereocenters. The Morgan fingerprint density at radius 1 is 1.29 bits per heavy atom. The zero-order chi connectivity index (χ0) is 15.6. The maximum atomic E-state index is 12.6. The van der Waals surface area contributed by atoms with Gasteiger partial charge in [0.25, 0.3) is 5.91 Å². The van der Waals surface area contributed by atoms with Crippen LogP contribution in [-0.2, 0) is 0 Å². The standard InChI is InChI=1S/C17H27N3O/c1-12-9-13(2)16(18)10-15(12)17(21)20(4)11-14-5-7-19(3)8-6-14/h9-10,14H,5-8,11,18H2,1-4H3. The predicted octanol–water partition coefficient (Wildman–Crippen LogP) is 2.30. The van der Waals surface area contributed by atoms with Crippen LogP contribution in [0, 0.1) is 19.8 Å². The van der Waals surface area contributed by atoms with Crippen LogP contribution in [0.3, 0.4) is 0 Å². The molecule has 4 heteroatoms. The molecule has 1 amide bonds. The van der Waals surface area contributed by atoms with Gasteiger partial charge in [-0.15, -0.1) is 0 Å². The van der Waals surface area contributed by atoms with Crippen LogP contribution < -0.4 is 5.73 Å². The molecule has 0 bridgehead atoms. The van der Waals surface area contributed by atoms with Gasteiger partial charge in [-0.05, 0) is 69.9 Å². The third kappa shape index (κ3) is 3.76. The number of aryl methyl sites for hydroxylation is 2. The second-order valence-corrected chi connectivity index (χ2v) is 6.46. The van der Waals surface area contributed by atoms with Crippen LogP contribution in [0.25, 0.3) is 0 Å². The summed E-state index contributed by atoms with van der Waals surface area (Å²) in [5.74, 6) is 0.691.